The first kappa shape index (κ1) is 28.4. The first-order chi connectivity index (χ1) is 17.5. The lowest BCUT2D eigenvalue weighted by Crippen LogP contribution is -2.47. The van der Waals surface area contributed by atoms with Gasteiger partial charge in [-0.25, -0.2) is 0 Å². The fourth-order valence-electron chi connectivity index (χ4n) is 4.47. The Morgan fingerprint density at radius 2 is 1.67 bits per heavy atom. The zero-order valence-electron chi connectivity index (χ0n) is 22.1. The van der Waals surface area contributed by atoms with Crippen molar-refractivity contribution < 1.29 is 14.3 Å². The van der Waals surface area contributed by atoms with E-state index in [1.54, 1.807) is 16.2 Å². The van der Waals surface area contributed by atoms with E-state index in [1.165, 1.54) is 29.0 Å². The maximum Gasteiger partial charge on any atom is 0.242 e. The van der Waals surface area contributed by atoms with Crippen molar-refractivity contribution in [2.24, 2.45) is 0 Å². The van der Waals surface area contributed by atoms with Gasteiger partial charge in [0.2, 0.25) is 11.8 Å². The van der Waals surface area contributed by atoms with Crippen LogP contribution in [-0.4, -0.2) is 72.5 Å². The topological polar surface area (TPSA) is 53.1 Å². The van der Waals surface area contributed by atoms with Crippen molar-refractivity contribution in [1.82, 2.24) is 14.7 Å². The Bertz CT molecular complexity index is 911. The van der Waals surface area contributed by atoms with Crippen LogP contribution in [0.1, 0.15) is 60.8 Å². The summed E-state index contributed by atoms with van der Waals surface area (Å²) in [6.07, 6.45) is 6.05. The van der Waals surface area contributed by atoms with Crippen LogP contribution >= 0.6 is 11.3 Å². The summed E-state index contributed by atoms with van der Waals surface area (Å²) < 4.78 is 5.47. The number of carbonyl (C=O) groups excluding carboxylic acids is 2. The Balaban J connectivity index is 1.66. The minimum Gasteiger partial charge on any atom is -0.379 e. The standard InChI is InChI=1S/C29H43N3O3S/c1-3-4-5-6-10-13-28(33)31(17-16-30-18-20-35-21-19-30)24-29(34)32(22-26-11-8-7-9-12-26)23-27-15-14-25(2)36-27/h7-9,11-12,14-15H,3-6,10,13,16-24H2,1-2H3. The second-order valence-corrected chi connectivity index (χ2v) is 11.1. The molecule has 0 bridgehead atoms. The van der Waals surface area contributed by atoms with Crippen LogP contribution in [0.25, 0.3) is 0 Å². The summed E-state index contributed by atoms with van der Waals surface area (Å²) in [6.45, 7) is 10.1. The third-order valence-corrected chi connectivity index (χ3v) is 7.66. The molecule has 1 saturated heterocycles. The monoisotopic (exact) mass is 513 g/mol. The van der Waals surface area contributed by atoms with Gasteiger partial charge in [0, 0.05) is 48.9 Å². The van der Waals surface area contributed by atoms with E-state index in [0.717, 1.165) is 51.3 Å². The summed E-state index contributed by atoms with van der Waals surface area (Å²) in [7, 11) is 0. The molecule has 2 amide bonds. The molecule has 1 aromatic carbocycles. The normalized spacial score (nSPS) is 14.1. The number of unbranched alkanes of at least 4 members (excludes halogenated alkanes) is 4. The molecule has 6 nitrogen and oxygen atoms in total. The zero-order chi connectivity index (χ0) is 25.6. The molecule has 1 aliphatic rings. The minimum atomic E-state index is 0.00576. The van der Waals surface area contributed by atoms with Crippen molar-refractivity contribution in [2.45, 2.75) is 65.5 Å². The molecule has 0 unspecified atom stereocenters. The van der Waals surface area contributed by atoms with Gasteiger partial charge in [-0.05, 0) is 31.0 Å². The Hall–Kier alpha value is -2.22. The molecule has 0 N–H and O–H groups in total. The summed E-state index contributed by atoms with van der Waals surface area (Å²) in [6, 6.07) is 14.3. The van der Waals surface area contributed by atoms with Crippen LogP contribution < -0.4 is 0 Å². The largest absolute Gasteiger partial charge is 0.379 e. The highest BCUT2D eigenvalue weighted by molar-refractivity contribution is 7.11. The highest BCUT2D eigenvalue weighted by atomic mass is 32.1. The first-order valence-electron chi connectivity index (χ1n) is 13.5. The second kappa shape index (κ2) is 15.8. The summed E-state index contributed by atoms with van der Waals surface area (Å²) in [5.74, 6) is 0.103. The summed E-state index contributed by atoms with van der Waals surface area (Å²) in [5, 5.41) is 0. The molecule has 0 saturated carbocycles. The van der Waals surface area contributed by atoms with E-state index >= 15 is 0 Å². The van der Waals surface area contributed by atoms with E-state index < -0.39 is 0 Å². The van der Waals surface area contributed by atoms with Gasteiger partial charge >= 0.3 is 0 Å². The lowest BCUT2D eigenvalue weighted by molar-refractivity contribution is -0.141. The lowest BCUT2D eigenvalue weighted by Gasteiger charge is -2.31. The van der Waals surface area contributed by atoms with Gasteiger partial charge in [0.25, 0.3) is 0 Å². The predicted molar refractivity (Wildman–Crippen MR) is 147 cm³/mol. The first-order valence-corrected chi connectivity index (χ1v) is 14.3. The third kappa shape index (κ3) is 10.0. The summed E-state index contributed by atoms with van der Waals surface area (Å²) in [5.41, 5.74) is 1.10. The molecule has 0 aliphatic carbocycles. The number of benzene rings is 1. The summed E-state index contributed by atoms with van der Waals surface area (Å²) >= 11 is 1.72. The van der Waals surface area contributed by atoms with Gasteiger partial charge in [0.15, 0.2) is 0 Å². The van der Waals surface area contributed by atoms with Crippen LogP contribution in [0.5, 0.6) is 0 Å². The fraction of sp³-hybridized carbons (Fsp3) is 0.586. The highest BCUT2D eigenvalue weighted by Gasteiger charge is 2.23. The number of hydrogen-bond donors (Lipinski definition) is 0. The van der Waals surface area contributed by atoms with Crippen LogP contribution in [0.4, 0.5) is 0 Å². The molecule has 0 atom stereocenters. The van der Waals surface area contributed by atoms with Gasteiger partial charge in [-0.2, -0.15) is 0 Å². The molecule has 1 aromatic heterocycles. The average molecular weight is 514 g/mol. The molecule has 0 spiro atoms. The number of aryl methyl sites for hydroxylation is 1. The second-order valence-electron chi connectivity index (χ2n) is 9.68. The smallest absolute Gasteiger partial charge is 0.242 e. The van der Waals surface area contributed by atoms with Gasteiger partial charge < -0.3 is 14.5 Å². The van der Waals surface area contributed by atoms with E-state index in [2.05, 4.69) is 43.0 Å². The lowest BCUT2D eigenvalue weighted by atomic mass is 10.1. The van der Waals surface area contributed by atoms with Crippen molar-refractivity contribution in [2.75, 3.05) is 45.9 Å². The Morgan fingerprint density at radius 3 is 2.36 bits per heavy atom. The number of rotatable bonds is 15. The van der Waals surface area contributed by atoms with E-state index in [9.17, 15) is 9.59 Å². The van der Waals surface area contributed by atoms with Crippen LogP contribution in [0.2, 0.25) is 0 Å². The van der Waals surface area contributed by atoms with Crippen molar-refractivity contribution in [1.29, 1.82) is 0 Å². The van der Waals surface area contributed by atoms with E-state index in [4.69, 9.17) is 4.74 Å². The molecule has 1 fully saturated rings. The number of carbonyl (C=O) groups is 2. The van der Waals surface area contributed by atoms with Crippen molar-refractivity contribution in [3.05, 3.63) is 57.8 Å². The van der Waals surface area contributed by atoms with E-state index in [0.29, 0.717) is 26.1 Å². The molecule has 1 aliphatic heterocycles. The van der Waals surface area contributed by atoms with E-state index in [-0.39, 0.29) is 18.4 Å². The SMILES string of the molecule is CCCCCCCC(=O)N(CCN1CCOCC1)CC(=O)N(Cc1ccccc1)Cc1ccc(C)s1. The zero-order valence-corrected chi connectivity index (χ0v) is 22.9. The maximum atomic E-state index is 13.6. The molecule has 2 heterocycles. The average Bonchev–Trinajstić information content (AvgIpc) is 3.31. The molecular formula is C29H43N3O3S. The molecule has 0 radical (unpaired) electrons. The number of morpholine rings is 1. The Labute approximate surface area is 221 Å². The van der Waals surface area contributed by atoms with Gasteiger partial charge in [-0.1, -0.05) is 62.9 Å². The Kier molecular flexibility index (Phi) is 12.4. The van der Waals surface area contributed by atoms with Gasteiger partial charge in [0.05, 0.1) is 26.3 Å². The molecule has 3 rings (SSSR count). The summed E-state index contributed by atoms with van der Waals surface area (Å²) in [4.78, 5) is 35.3. The van der Waals surface area contributed by atoms with Crippen molar-refractivity contribution >= 4 is 23.2 Å². The van der Waals surface area contributed by atoms with Crippen LogP contribution in [0, 0.1) is 6.92 Å². The van der Waals surface area contributed by atoms with Crippen LogP contribution in [0.3, 0.4) is 0 Å². The number of nitrogens with zero attached hydrogens (tertiary/aromatic N) is 3. The quantitative estimate of drug-likeness (QED) is 0.311. The van der Waals surface area contributed by atoms with Crippen LogP contribution in [0.15, 0.2) is 42.5 Å². The number of hydrogen-bond acceptors (Lipinski definition) is 5. The van der Waals surface area contributed by atoms with Crippen LogP contribution in [-0.2, 0) is 27.4 Å². The highest BCUT2D eigenvalue weighted by Crippen LogP contribution is 2.19. The van der Waals surface area contributed by atoms with Gasteiger partial charge in [-0.3, -0.25) is 14.5 Å². The molecular weight excluding hydrogens is 470 g/mol. The maximum absolute atomic E-state index is 13.6. The third-order valence-electron chi connectivity index (χ3n) is 6.67. The number of amides is 2. The van der Waals surface area contributed by atoms with Gasteiger partial charge in [-0.15, -0.1) is 11.3 Å². The Morgan fingerprint density at radius 1 is 0.917 bits per heavy atom. The van der Waals surface area contributed by atoms with Crippen molar-refractivity contribution in [3.8, 4) is 0 Å². The van der Waals surface area contributed by atoms with E-state index in [1.807, 2.05) is 23.1 Å². The molecule has 7 heteroatoms. The number of thiophene rings is 1. The molecule has 36 heavy (non-hydrogen) atoms. The number of ether oxygens (including phenoxy) is 1. The predicted octanol–water partition coefficient (Wildman–Crippen LogP) is 5.11. The molecule has 198 valence electrons. The molecule has 2 aromatic rings. The fourth-order valence-corrected chi connectivity index (χ4v) is 5.38. The minimum absolute atomic E-state index is 0.00576. The van der Waals surface area contributed by atoms with Gasteiger partial charge in [0.1, 0.15) is 0 Å². The van der Waals surface area contributed by atoms with Crippen molar-refractivity contribution in [3.63, 3.8) is 0 Å².